The van der Waals surface area contributed by atoms with Gasteiger partial charge in [0.15, 0.2) is 0 Å². The van der Waals surface area contributed by atoms with Gasteiger partial charge in [-0.05, 0) is 33.5 Å². The van der Waals surface area contributed by atoms with Crippen molar-refractivity contribution in [3.63, 3.8) is 0 Å². The molecule has 0 radical (unpaired) electrons. The summed E-state index contributed by atoms with van der Waals surface area (Å²) in [6.45, 7) is 1.07. The van der Waals surface area contributed by atoms with E-state index in [0.717, 1.165) is 30.9 Å². The summed E-state index contributed by atoms with van der Waals surface area (Å²) in [5.74, 6) is 0.812. The maximum Gasteiger partial charge on any atom is 0.305 e. The normalized spacial score (nSPS) is 17.2. The molecule has 1 rings (SSSR count). The first kappa shape index (κ1) is 9.74. The third-order valence-corrected chi connectivity index (χ3v) is 2.50. The Morgan fingerprint density at radius 3 is 2.83 bits per heavy atom. The van der Waals surface area contributed by atoms with E-state index in [1.165, 1.54) is 11.8 Å². The van der Waals surface area contributed by atoms with Crippen molar-refractivity contribution in [2.75, 3.05) is 26.4 Å². The van der Waals surface area contributed by atoms with Gasteiger partial charge < -0.3 is 4.90 Å². The van der Waals surface area contributed by atoms with Crippen molar-refractivity contribution in [2.45, 2.75) is 12.8 Å². The minimum Gasteiger partial charge on any atom is -0.309 e. The number of hydrogen-bond acceptors (Lipinski definition) is 3. The van der Waals surface area contributed by atoms with Crippen molar-refractivity contribution in [3.05, 3.63) is 0 Å². The fraction of sp³-hybridized carbons (Fsp3) is 0.750. The molecule has 0 aromatic heterocycles. The Morgan fingerprint density at radius 1 is 1.58 bits per heavy atom. The first-order valence-corrected chi connectivity index (χ1v) is 5.05. The largest absolute Gasteiger partial charge is 0.309 e. The predicted octanol–water partition coefficient (Wildman–Crippen LogP) is 1.64. The smallest absolute Gasteiger partial charge is 0.305 e. The highest BCUT2D eigenvalue weighted by Gasteiger charge is 2.13. The summed E-state index contributed by atoms with van der Waals surface area (Å²) in [7, 11) is 4.10. The maximum atomic E-state index is 10.7. The molecule has 0 bridgehead atoms. The summed E-state index contributed by atoms with van der Waals surface area (Å²) in [6.07, 6.45) is 2.07. The van der Waals surface area contributed by atoms with Gasteiger partial charge in [-0.3, -0.25) is 4.79 Å². The number of aliphatic imine (C=N–C) groups is 1. The molecule has 4 heteroatoms. The van der Waals surface area contributed by atoms with Crippen molar-refractivity contribution in [3.8, 4) is 0 Å². The molecule has 3 nitrogen and oxygen atoms in total. The van der Waals surface area contributed by atoms with E-state index in [0.29, 0.717) is 0 Å². The second kappa shape index (κ2) is 4.62. The van der Waals surface area contributed by atoms with Crippen molar-refractivity contribution in [1.82, 2.24) is 4.90 Å². The lowest BCUT2D eigenvalue weighted by Gasteiger charge is -2.07. The van der Waals surface area contributed by atoms with Crippen molar-refractivity contribution in [2.24, 2.45) is 4.99 Å². The topological polar surface area (TPSA) is 32.7 Å². The number of nitrogens with zero attached hydrogens (tertiary/aromatic N) is 2. The fourth-order valence-corrected chi connectivity index (χ4v) is 1.76. The first-order chi connectivity index (χ1) is 5.68. The Labute approximate surface area is 77.2 Å². The molecule has 0 saturated carbocycles. The highest BCUT2D eigenvalue weighted by atomic mass is 32.2. The van der Waals surface area contributed by atoms with Gasteiger partial charge >= 0.3 is 5.24 Å². The van der Waals surface area contributed by atoms with Crippen LogP contribution in [-0.2, 0) is 0 Å². The summed E-state index contributed by atoms with van der Waals surface area (Å²) < 4.78 is 0. The van der Waals surface area contributed by atoms with E-state index < -0.39 is 0 Å². The summed E-state index contributed by atoms with van der Waals surface area (Å²) in [4.78, 5) is 16.8. The molecule has 1 amide bonds. The van der Waals surface area contributed by atoms with Crippen LogP contribution >= 0.6 is 11.8 Å². The van der Waals surface area contributed by atoms with Crippen molar-refractivity contribution >= 4 is 22.7 Å². The zero-order valence-electron chi connectivity index (χ0n) is 7.54. The zero-order chi connectivity index (χ0) is 8.97. The third-order valence-electron chi connectivity index (χ3n) is 1.68. The molecule has 1 heterocycles. The monoisotopic (exact) mass is 186 g/mol. The van der Waals surface area contributed by atoms with Crippen LogP contribution in [0, 0.1) is 0 Å². The van der Waals surface area contributed by atoms with E-state index in [-0.39, 0.29) is 5.24 Å². The Balaban J connectivity index is 2.16. The second-order valence-electron chi connectivity index (χ2n) is 3.14. The molecule has 0 spiro atoms. The van der Waals surface area contributed by atoms with Gasteiger partial charge in [0, 0.05) is 11.5 Å². The van der Waals surface area contributed by atoms with Gasteiger partial charge in [-0.2, -0.15) is 0 Å². The van der Waals surface area contributed by atoms with E-state index in [9.17, 15) is 4.79 Å². The van der Waals surface area contributed by atoms with Crippen LogP contribution in [0.1, 0.15) is 12.8 Å². The van der Waals surface area contributed by atoms with Crippen LogP contribution in [0.3, 0.4) is 0 Å². The maximum absolute atomic E-state index is 10.7. The zero-order valence-corrected chi connectivity index (χ0v) is 8.36. The molecule has 68 valence electrons. The van der Waals surface area contributed by atoms with Gasteiger partial charge in [0.25, 0.3) is 0 Å². The minimum absolute atomic E-state index is 0.0187. The molecule has 1 aliphatic heterocycles. The molecule has 0 unspecified atom stereocenters. The van der Waals surface area contributed by atoms with Crippen molar-refractivity contribution < 1.29 is 4.79 Å². The van der Waals surface area contributed by atoms with Crippen LogP contribution in [0.2, 0.25) is 0 Å². The molecule has 0 N–H and O–H groups in total. The minimum atomic E-state index is -0.0187. The molecule has 0 aliphatic carbocycles. The molecule has 1 aliphatic rings. The number of carbonyl (C=O) groups is 1. The van der Waals surface area contributed by atoms with Gasteiger partial charge in [0.2, 0.25) is 0 Å². The van der Waals surface area contributed by atoms with Crippen molar-refractivity contribution in [1.29, 1.82) is 0 Å². The Morgan fingerprint density at radius 2 is 2.33 bits per heavy atom. The molecule has 0 saturated heterocycles. The van der Waals surface area contributed by atoms with Gasteiger partial charge in [0.1, 0.15) is 0 Å². The average molecular weight is 186 g/mol. The Hall–Kier alpha value is -0.350. The average Bonchev–Trinajstić information content (AvgIpc) is 2.35. The first-order valence-electron chi connectivity index (χ1n) is 4.06. The lowest BCUT2D eigenvalue weighted by Crippen LogP contribution is -2.14. The fourth-order valence-electron chi connectivity index (χ4n) is 1.07. The molecule has 0 aromatic rings. The highest BCUT2D eigenvalue weighted by molar-refractivity contribution is 8.14. The number of rotatable bonds is 4. The van der Waals surface area contributed by atoms with E-state index in [1.807, 2.05) is 0 Å². The summed E-state index contributed by atoms with van der Waals surface area (Å²) in [6, 6.07) is 0. The van der Waals surface area contributed by atoms with E-state index in [1.54, 1.807) is 0 Å². The summed E-state index contributed by atoms with van der Waals surface area (Å²) in [5, 5.41) is -0.0187. The third kappa shape index (κ3) is 3.36. The van der Waals surface area contributed by atoms with Crippen LogP contribution in [0.5, 0.6) is 0 Å². The van der Waals surface area contributed by atoms with Gasteiger partial charge in [0.05, 0.1) is 0 Å². The summed E-state index contributed by atoms with van der Waals surface area (Å²) in [5.41, 5.74) is 1.06. The Bertz CT molecular complexity index is 201. The Kier molecular flexibility index (Phi) is 3.75. The van der Waals surface area contributed by atoms with Gasteiger partial charge in [-0.1, -0.05) is 11.8 Å². The number of amides is 1. The standard InChI is InChI=1S/C8H14N2OS/c1-10(2)5-3-4-7-6-12-8(11)9-7/h3-6H2,1-2H3. The molecule has 0 fully saturated rings. The number of hydrogen-bond donors (Lipinski definition) is 0. The van der Waals surface area contributed by atoms with Crippen LogP contribution in [0.15, 0.2) is 4.99 Å². The quantitative estimate of drug-likeness (QED) is 0.669. The SMILES string of the molecule is CN(C)CCCC1=NC(=O)SC1. The second-order valence-corrected chi connectivity index (χ2v) is 4.07. The lowest BCUT2D eigenvalue weighted by atomic mass is 10.2. The lowest BCUT2D eigenvalue weighted by molar-refractivity contribution is 0.268. The molecular weight excluding hydrogens is 172 g/mol. The molecule has 12 heavy (non-hydrogen) atoms. The molecule has 0 atom stereocenters. The van der Waals surface area contributed by atoms with Crippen LogP contribution in [0.25, 0.3) is 0 Å². The number of carbonyl (C=O) groups excluding carboxylic acids is 1. The van der Waals surface area contributed by atoms with E-state index >= 15 is 0 Å². The number of thioether (sulfide) groups is 1. The highest BCUT2D eigenvalue weighted by Crippen LogP contribution is 2.16. The molecular formula is C8H14N2OS. The van der Waals surface area contributed by atoms with Crippen LogP contribution in [0.4, 0.5) is 4.79 Å². The van der Waals surface area contributed by atoms with E-state index in [4.69, 9.17) is 0 Å². The van der Waals surface area contributed by atoms with E-state index in [2.05, 4.69) is 24.0 Å². The van der Waals surface area contributed by atoms with Crippen LogP contribution < -0.4 is 0 Å². The summed E-state index contributed by atoms with van der Waals surface area (Å²) >= 11 is 1.31. The molecule has 0 aromatic carbocycles. The van der Waals surface area contributed by atoms with Gasteiger partial charge in [-0.25, -0.2) is 4.99 Å². The van der Waals surface area contributed by atoms with Crippen LogP contribution in [-0.4, -0.2) is 42.2 Å². The van der Waals surface area contributed by atoms with Gasteiger partial charge in [-0.15, -0.1) is 0 Å². The predicted molar refractivity (Wildman–Crippen MR) is 53.1 cm³/mol.